The lowest BCUT2D eigenvalue weighted by atomic mass is 10.1. The molecule has 2 aromatic rings. The number of carbonyl (C=O) groups is 1. The van der Waals surface area contributed by atoms with Crippen LogP contribution in [0.25, 0.3) is 0 Å². The molecule has 3 N–H and O–H groups in total. The number of rotatable bonds is 4. The highest BCUT2D eigenvalue weighted by molar-refractivity contribution is 5.98. The van der Waals surface area contributed by atoms with Crippen molar-refractivity contribution in [1.29, 1.82) is 0 Å². The van der Waals surface area contributed by atoms with Gasteiger partial charge < -0.3 is 15.2 Å². The minimum Gasteiger partial charge on any atom is -0.315 e. The van der Waals surface area contributed by atoms with Crippen LogP contribution in [0.2, 0.25) is 0 Å². The van der Waals surface area contributed by atoms with E-state index in [0.29, 0.717) is 11.5 Å². The smallest absolute Gasteiger partial charge is 0.315 e. The van der Waals surface area contributed by atoms with Crippen LogP contribution in [0.15, 0.2) is 28.8 Å². The number of carbonyl (C=O) groups excluding carboxylic acids is 1. The van der Waals surface area contributed by atoms with Crippen LogP contribution in [-0.4, -0.2) is 23.2 Å². The zero-order valence-electron chi connectivity index (χ0n) is 11.6. The van der Waals surface area contributed by atoms with Crippen molar-refractivity contribution in [3.63, 3.8) is 0 Å². The van der Waals surface area contributed by atoms with Gasteiger partial charge in [-0.2, -0.15) is 4.98 Å². The van der Waals surface area contributed by atoms with Crippen molar-refractivity contribution >= 4 is 17.7 Å². The van der Waals surface area contributed by atoms with Crippen molar-refractivity contribution in [2.45, 2.75) is 19.9 Å². The average Bonchev–Trinajstić information content (AvgIpc) is 2.83. The third kappa shape index (κ3) is 3.55. The summed E-state index contributed by atoms with van der Waals surface area (Å²) in [7, 11) is 1.88. The van der Waals surface area contributed by atoms with Crippen molar-refractivity contribution in [2.24, 2.45) is 0 Å². The molecule has 7 nitrogen and oxygen atoms in total. The van der Waals surface area contributed by atoms with Crippen LogP contribution >= 0.6 is 0 Å². The summed E-state index contributed by atoms with van der Waals surface area (Å²) in [6.07, 6.45) is 0. The van der Waals surface area contributed by atoms with Gasteiger partial charge in [0.1, 0.15) is 0 Å². The monoisotopic (exact) mass is 275 g/mol. The summed E-state index contributed by atoms with van der Waals surface area (Å²) in [6.45, 7) is 3.72. The van der Waals surface area contributed by atoms with E-state index < -0.39 is 6.03 Å². The summed E-state index contributed by atoms with van der Waals surface area (Å²) in [5, 5.41) is 11.9. The number of benzene rings is 1. The van der Waals surface area contributed by atoms with E-state index in [9.17, 15) is 4.79 Å². The Balaban J connectivity index is 2.00. The quantitative estimate of drug-likeness (QED) is 0.796. The predicted molar refractivity (Wildman–Crippen MR) is 75.6 cm³/mol. The van der Waals surface area contributed by atoms with Crippen LogP contribution in [0, 0.1) is 6.92 Å². The van der Waals surface area contributed by atoms with E-state index in [4.69, 9.17) is 4.52 Å². The number of hydrogen-bond donors (Lipinski definition) is 3. The van der Waals surface area contributed by atoms with E-state index in [2.05, 4.69) is 26.1 Å². The molecular weight excluding hydrogens is 258 g/mol. The molecule has 20 heavy (non-hydrogen) atoms. The Morgan fingerprint density at radius 2 is 2.15 bits per heavy atom. The molecule has 0 fully saturated rings. The maximum Gasteiger partial charge on any atom is 0.329 e. The van der Waals surface area contributed by atoms with E-state index in [-0.39, 0.29) is 12.1 Å². The van der Waals surface area contributed by atoms with Crippen molar-refractivity contribution in [3.05, 3.63) is 35.7 Å². The first-order valence-electron chi connectivity index (χ1n) is 6.24. The molecule has 0 saturated heterocycles. The second-order valence-electron chi connectivity index (χ2n) is 4.36. The Kier molecular flexibility index (Phi) is 4.31. The first-order valence-corrected chi connectivity index (χ1v) is 6.24. The van der Waals surface area contributed by atoms with E-state index >= 15 is 0 Å². The second kappa shape index (κ2) is 6.16. The van der Waals surface area contributed by atoms with Gasteiger partial charge in [-0.1, -0.05) is 17.3 Å². The normalized spacial score (nSPS) is 11.9. The molecule has 0 aliphatic heterocycles. The summed E-state index contributed by atoms with van der Waals surface area (Å²) in [6, 6.07) is 7.44. The zero-order chi connectivity index (χ0) is 14.5. The number of hydrogen-bond acceptors (Lipinski definition) is 5. The number of amides is 2. The number of aryl methyl sites for hydroxylation is 1. The molecule has 2 amide bonds. The van der Waals surface area contributed by atoms with Crippen LogP contribution in [-0.2, 0) is 0 Å². The van der Waals surface area contributed by atoms with Crippen molar-refractivity contribution in [1.82, 2.24) is 15.5 Å². The highest BCUT2D eigenvalue weighted by atomic mass is 16.5. The molecule has 106 valence electrons. The van der Waals surface area contributed by atoms with Crippen LogP contribution in [0.3, 0.4) is 0 Å². The van der Waals surface area contributed by atoms with Gasteiger partial charge in [0.2, 0.25) is 0 Å². The first-order chi connectivity index (χ1) is 9.58. The molecule has 1 unspecified atom stereocenters. The van der Waals surface area contributed by atoms with Crippen LogP contribution in [0.1, 0.15) is 24.4 Å². The van der Waals surface area contributed by atoms with Crippen molar-refractivity contribution in [2.75, 3.05) is 17.7 Å². The van der Waals surface area contributed by atoms with E-state index in [1.165, 1.54) is 0 Å². The number of aromatic nitrogens is 2. The summed E-state index contributed by atoms with van der Waals surface area (Å²) in [5.41, 5.74) is 1.78. The SMILES string of the molecule is CNC(C)c1cccc(NC(=O)Nc2nc(C)no2)c1. The standard InChI is InChI=1S/C13H17N5O2/c1-8(14-3)10-5-4-6-11(7-10)16-12(19)17-13-15-9(2)18-20-13/h4-8,14H,1-3H3,(H2,15,16,17,18,19). The van der Waals surface area contributed by atoms with Gasteiger partial charge in [-0.15, -0.1) is 0 Å². The average molecular weight is 275 g/mol. The van der Waals surface area contributed by atoms with Crippen molar-refractivity contribution in [3.8, 4) is 0 Å². The number of anilines is 2. The van der Waals surface area contributed by atoms with Gasteiger partial charge >= 0.3 is 12.0 Å². The molecule has 1 aromatic carbocycles. The van der Waals surface area contributed by atoms with Gasteiger partial charge in [0.15, 0.2) is 5.82 Å². The van der Waals surface area contributed by atoms with Crippen LogP contribution in [0.5, 0.6) is 0 Å². The fourth-order valence-electron chi connectivity index (χ4n) is 1.66. The third-order valence-corrected chi connectivity index (χ3v) is 2.83. The molecular formula is C13H17N5O2. The molecule has 0 aliphatic rings. The highest BCUT2D eigenvalue weighted by Crippen LogP contribution is 2.17. The number of urea groups is 1. The van der Waals surface area contributed by atoms with Crippen LogP contribution < -0.4 is 16.0 Å². The molecule has 2 rings (SSSR count). The third-order valence-electron chi connectivity index (χ3n) is 2.83. The lowest BCUT2D eigenvalue weighted by Gasteiger charge is -2.12. The molecule has 0 radical (unpaired) electrons. The maximum absolute atomic E-state index is 11.8. The fraction of sp³-hybridized carbons (Fsp3) is 0.308. The minimum atomic E-state index is -0.428. The van der Waals surface area contributed by atoms with Crippen LogP contribution in [0.4, 0.5) is 16.5 Å². The van der Waals surface area contributed by atoms with Crippen molar-refractivity contribution < 1.29 is 9.32 Å². The maximum atomic E-state index is 11.8. The van der Waals surface area contributed by atoms with E-state index in [1.54, 1.807) is 6.92 Å². The Hall–Kier alpha value is -2.41. The van der Waals surface area contributed by atoms with Gasteiger partial charge in [0.05, 0.1) is 0 Å². The van der Waals surface area contributed by atoms with Gasteiger partial charge in [-0.25, -0.2) is 4.79 Å². The van der Waals surface area contributed by atoms with Gasteiger partial charge in [-0.3, -0.25) is 5.32 Å². The minimum absolute atomic E-state index is 0.0692. The molecule has 1 heterocycles. The molecule has 1 aromatic heterocycles. The number of nitrogens with zero attached hydrogens (tertiary/aromatic N) is 2. The highest BCUT2D eigenvalue weighted by Gasteiger charge is 2.09. The van der Waals surface area contributed by atoms with Gasteiger partial charge in [0.25, 0.3) is 0 Å². The summed E-state index contributed by atoms with van der Waals surface area (Å²) >= 11 is 0. The van der Waals surface area contributed by atoms with E-state index in [1.807, 2.05) is 38.2 Å². The Bertz CT molecular complexity index is 596. The Labute approximate surface area is 116 Å². The predicted octanol–water partition coefficient (Wildman–Crippen LogP) is 2.30. The zero-order valence-corrected chi connectivity index (χ0v) is 11.6. The lowest BCUT2D eigenvalue weighted by Crippen LogP contribution is -2.20. The van der Waals surface area contributed by atoms with E-state index in [0.717, 1.165) is 5.56 Å². The largest absolute Gasteiger partial charge is 0.329 e. The first kappa shape index (κ1) is 14.0. The lowest BCUT2D eigenvalue weighted by molar-refractivity contribution is 0.261. The molecule has 0 spiro atoms. The molecule has 0 aliphatic carbocycles. The number of nitrogens with one attached hydrogen (secondary N) is 3. The Morgan fingerprint density at radius 3 is 2.80 bits per heavy atom. The molecule has 0 saturated carbocycles. The second-order valence-corrected chi connectivity index (χ2v) is 4.36. The summed E-state index contributed by atoms with van der Waals surface area (Å²) in [5.74, 6) is 0.463. The summed E-state index contributed by atoms with van der Waals surface area (Å²) in [4.78, 5) is 15.7. The fourth-order valence-corrected chi connectivity index (χ4v) is 1.66. The topological polar surface area (TPSA) is 92.1 Å². The van der Waals surface area contributed by atoms with Gasteiger partial charge in [0, 0.05) is 11.7 Å². The Morgan fingerprint density at radius 1 is 1.35 bits per heavy atom. The van der Waals surface area contributed by atoms with Gasteiger partial charge in [-0.05, 0) is 38.6 Å². The molecule has 0 bridgehead atoms. The summed E-state index contributed by atoms with van der Waals surface area (Å²) < 4.78 is 4.81. The molecule has 7 heteroatoms. The molecule has 1 atom stereocenters.